The molecule has 1 spiro atoms. The van der Waals surface area contributed by atoms with Crippen LogP contribution in [0, 0.1) is 0 Å². The molecular formula is C45H30N2. The highest BCUT2D eigenvalue weighted by molar-refractivity contribution is 6.08. The smallest absolute Gasteiger partial charge is 0.0725 e. The summed E-state index contributed by atoms with van der Waals surface area (Å²) in [6, 6.07) is 59.9. The molecule has 2 heteroatoms. The first kappa shape index (κ1) is 26.1. The molecule has 0 heterocycles. The van der Waals surface area contributed by atoms with Crippen LogP contribution in [0.15, 0.2) is 164 Å². The van der Waals surface area contributed by atoms with Gasteiger partial charge in [0.15, 0.2) is 0 Å². The molecule has 8 aromatic rings. The van der Waals surface area contributed by atoms with E-state index in [0.717, 1.165) is 17.1 Å². The van der Waals surface area contributed by atoms with Crippen LogP contribution in [-0.2, 0) is 5.41 Å². The van der Waals surface area contributed by atoms with Gasteiger partial charge in [0.05, 0.1) is 16.8 Å². The van der Waals surface area contributed by atoms with Gasteiger partial charge in [-0.3, -0.25) is 0 Å². The van der Waals surface area contributed by atoms with Gasteiger partial charge in [-0.25, -0.2) is 0 Å². The van der Waals surface area contributed by atoms with E-state index in [1.165, 1.54) is 77.2 Å². The number of benzene rings is 8. The molecule has 0 fully saturated rings. The Morgan fingerprint density at radius 1 is 0.426 bits per heavy atom. The van der Waals surface area contributed by atoms with Crippen LogP contribution in [0.1, 0.15) is 22.3 Å². The molecule has 0 atom stereocenters. The number of anilines is 3. The number of para-hydroxylation sites is 2. The first-order valence-electron chi connectivity index (χ1n) is 16.2. The Kier molecular flexibility index (Phi) is 5.39. The average Bonchev–Trinajstić information content (AvgIpc) is 3.59. The SMILES string of the molecule is Nc1ccccc1Nc1ccc(-c2ccc3cc4c(cc3c2)C2(c3ccccc3-c3ccccc32)c2ccc3ccccc3c2-4)cc1. The van der Waals surface area contributed by atoms with Crippen LogP contribution in [0.25, 0.3) is 54.9 Å². The van der Waals surface area contributed by atoms with E-state index in [2.05, 4.69) is 145 Å². The maximum atomic E-state index is 6.17. The monoisotopic (exact) mass is 598 g/mol. The number of nitrogen functional groups attached to an aromatic ring is 1. The third-order valence-electron chi connectivity index (χ3n) is 10.4. The highest BCUT2D eigenvalue weighted by Gasteiger charge is 2.52. The van der Waals surface area contributed by atoms with Crippen LogP contribution < -0.4 is 11.1 Å². The Morgan fingerprint density at radius 3 is 1.87 bits per heavy atom. The van der Waals surface area contributed by atoms with Crippen molar-refractivity contribution < 1.29 is 0 Å². The van der Waals surface area contributed by atoms with Crippen LogP contribution in [-0.4, -0.2) is 0 Å². The maximum absolute atomic E-state index is 6.17. The van der Waals surface area contributed by atoms with E-state index in [1.807, 2.05) is 24.3 Å². The van der Waals surface area contributed by atoms with Crippen molar-refractivity contribution in [1.29, 1.82) is 0 Å². The van der Waals surface area contributed by atoms with Crippen molar-refractivity contribution in [3.05, 3.63) is 186 Å². The van der Waals surface area contributed by atoms with Crippen molar-refractivity contribution in [1.82, 2.24) is 0 Å². The zero-order chi connectivity index (χ0) is 31.1. The van der Waals surface area contributed by atoms with Gasteiger partial charge in [-0.15, -0.1) is 0 Å². The second-order valence-electron chi connectivity index (χ2n) is 12.8. The van der Waals surface area contributed by atoms with Crippen molar-refractivity contribution in [2.45, 2.75) is 5.41 Å². The van der Waals surface area contributed by atoms with Crippen LogP contribution in [0.3, 0.4) is 0 Å². The standard InChI is InChI=1S/C45H30N2/c46-42-15-7-8-16-43(42)47-33-22-19-28(20-23-33)30-17-18-31-26-37-41(27-32(31)25-30)45(40-24-21-29-9-1-2-10-34(29)44(37)40)38-13-5-3-11-35(38)36-12-4-6-14-39(36)45/h1-27,47H,46H2. The lowest BCUT2D eigenvalue weighted by molar-refractivity contribution is 0.795. The summed E-state index contributed by atoms with van der Waals surface area (Å²) in [5.41, 5.74) is 21.7. The third kappa shape index (κ3) is 3.61. The summed E-state index contributed by atoms with van der Waals surface area (Å²) < 4.78 is 0. The van der Waals surface area contributed by atoms with Gasteiger partial charge >= 0.3 is 0 Å². The lowest BCUT2D eigenvalue weighted by Gasteiger charge is -2.30. The van der Waals surface area contributed by atoms with E-state index in [-0.39, 0.29) is 5.41 Å². The fourth-order valence-corrected chi connectivity index (χ4v) is 8.34. The molecule has 2 nitrogen and oxygen atoms in total. The molecule has 2 aliphatic rings. The third-order valence-corrected chi connectivity index (χ3v) is 10.4. The van der Waals surface area contributed by atoms with Crippen molar-refractivity contribution >= 4 is 38.6 Å². The van der Waals surface area contributed by atoms with Crippen LogP contribution in [0.5, 0.6) is 0 Å². The minimum absolute atomic E-state index is 0.376. The molecule has 0 saturated carbocycles. The van der Waals surface area contributed by atoms with E-state index in [9.17, 15) is 0 Å². The van der Waals surface area contributed by atoms with Gasteiger partial charge in [-0.05, 0) is 120 Å². The quantitative estimate of drug-likeness (QED) is 0.199. The van der Waals surface area contributed by atoms with Gasteiger partial charge in [0, 0.05) is 5.69 Å². The van der Waals surface area contributed by atoms with Gasteiger partial charge in [0.1, 0.15) is 0 Å². The summed E-state index contributed by atoms with van der Waals surface area (Å²) in [4.78, 5) is 0. The molecule has 0 amide bonds. The Bertz CT molecular complexity index is 2510. The molecule has 10 rings (SSSR count). The van der Waals surface area contributed by atoms with E-state index in [1.54, 1.807) is 0 Å². The predicted molar refractivity (Wildman–Crippen MR) is 197 cm³/mol. The van der Waals surface area contributed by atoms with Crippen LogP contribution >= 0.6 is 0 Å². The van der Waals surface area contributed by atoms with Crippen LogP contribution in [0.4, 0.5) is 17.1 Å². The topological polar surface area (TPSA) is 38.0 Å². The molecule has 3 N–H and O–H groups in total. The lowest BCUT2D eigenvalue weighted by Crippen LogP contribution is -2.25. The highest BCUT2D eigenvalue weighted by Crippen LogP contribution is 2.64. The Hall–Kier alpha value is -6.12. The zero-order valence-electron chi connectivity index (χ0n) is 25.7. The number of hydrogen-bond acceptors (Lipinski definition) is 2. The molecule has 220 valence electrons. The second kappa shape index (κ2) is 9.69. The highest BCUT2D eigenvalue weighted by atomic mass is 14.9. The molecule has 0 saturated heterocycles. The zero-order valence-corrected chi connectivity index (χ0v) is 25.7. The number of rotatable bonds is 3. The molecular weight excluding hydrogens is 569 g/mol. The molecule has 2 aliphatic carbocycles. The Balaban J connectivity index is 1.18. The van der Waals surface area contributed by atoms with E-state index < -0.39 is 0 Å². The molecule has 47 heavy (non-hydrogen) atoms. The van der Waals surface area contributed by atoms with Crippen molar-refractivity contribution in [3.63, 3.8) is 0 Å². The number of fused-ring (bicyclic) bond motifs is 13. The van der Waals surface area contributed by atoms with Gasteiger partial charge in [0.2, 0.25) is 0 Å². The summed E-state index contributed by atoms with van der Waals surface area (Å²) in [5, 5.41) is 8.54. The van der Waals surface area contributed by atoms with Gasteiger partial charge < -0.3 is 11.1 Å². The number of nitrogens with one attached hydrogen (secondary N) is 1. The fourth-order valence-electron chi connectivity index (χ4n) is 8.34. The normalized spacial score (nSPS) is 13.4. The number of hydrogen-bond donors (Lipinski definition) is 2. The van der Waals surface area contributed by atoms with Crippen molar-refractivity contribution in [2.75, 3.05) is 11.1 Å². The predicted octanol–water partition coefficient (Wildman–Crippen LogP) is 11.3. The summed E-state index contributed by atoms with van der Waals surface area (Å²) >= 11 is 0. The summed E-state index contributed by atoms with van der Waals surface area (Å²) in [6.45, 7) is 0. The molecule has 0 unspecified atom stereocenters. The summed E-state index contributed by atoms with van der Waals surface area (Å²) in [5.74, 6) is 0. The molecule has 0 radical (unpaired) electrons. The fraction of sp³-hybridized carbons (Fsp3) is 0.0222. The second-order valence-corrected chi connectivity index (χ2v) is 12.8. The number of nitrogens with two attached hydrogens (primary N) is 1. The molecule has 0 bridgehead atoms. The van der Waals surface area contributed by atoms with Gasteiger partial charge in [0.25, 0.3) is 0 Å². The Morgan fingerprint density at radius 2 is 1.09 bits per heavy atom. The minimum atomic E-state index is -0.376. The first-order valence-corrected chi connectivity index (χ1v) is 16.2. The summed E-state index contributed by atoms with van der Waals surface area (Å²) in [6.07, 6.45) is 0. The Labute approximate surface area is 273 Å². The molecule has 0 aliphatic heterocycles. The maximum Gasteiger partial charge on any atom is 0.0725 e. The van der Waals surface area contributed by atoms with Gasteiger partial charge in [-0.2, -0.15) is 0 Å². The van der Waals surface area contributed by atoms with E-state index >= 15 is 0 Å². The molecule has 8 aromatic carbocycles. The lowest BCUT2D eigenvalue weighted by atomic mass is 9.70. The van der Waals surface area contributed by atoms with Gasteiger partial charge in [-0.1, -0.05) is 121 Å². The minimum Gasteiger partial charge on any atom is -0.397 e. The van der Waals surface area contributed by atoms with E-state index in [0.29, 0.717) is 0 Å². The van der Waals surface area contributed by atoms with E-state index in [4.69, 9.17) is 5.73 Å². The van der Waals surface area contributed by atoms with Crippen molar-refractivity contribution in [2.24, 2.45) is 0 Å². The summed E-state index contributed by atoms with van der Waals surface area (Å²) in [7, 11) is 0. The van der Waals surface area contributed by atoms with Crippen molar-refractivity contribution in [3.8, 4) is 33.4 Å². The molecule has 0 aromatic heterocycles. The first-order chi connectivity index (χ1) is 23.2. The largest absolute Gasteiger partial charge is 0.397 e. The van der Waals surface area contributed by atoms with Crippen LogP contribution in [0.2, 0.25) is 0 Å². The average molecular weight is 599 g/mol.